The number of halogens is 1. The van der Waals surface area contributed by atoms with Gasteiger partial charge in [0.05, 0.1) is 45.4 Å². The molecule has 137 heavy (non-hydrogen) atoms. The van der Waals surface area contributed by atoms with E-state index in [1.165, 1.54) is 41.0 Å². The number of rotatable bonds is 15. The third kappa shape index (κ3) is 27.7. The number of ether oxygens (including phenoxy) is 2. The van der Waals surface area contributed by atoms with Crippen LogP contribution in [-0.2, 0) is 84.2 Å². The average molecular weight is 1900 g/mol. The second-order valence-electron chi connectivity index (χ2n) is 33.4. The van der Waals surface area contributed by atoms with Gasteiger partial charge in [-0.05, 0) is 195 Å². The van der Waals surface area contributed by atoms with E-state index in [-0.39, 0.29) is 160 Å². The van der Waals surface area contributed by atoms with Crippen LogP contribution >= 0.6 is 24.2 Å². The van der Waals surface area contributed by atoms with Crippen LogP contribution in [0.3, 0.4) is 0 Å². The Morgan fingerprint density at radius 2 is 0.686 bits per heavy atom. The van der Waals surface area contributed by atoms with Gasteiger partial charge in [-0.2, -0.15) is 17.9 Å². The summed E-state index contributed by atoms with van der Waals surface area (Å²) in [6, 6.07) is 71.2. The Morgan fingerprint density at radius 1 is 0.445 bits per heavy atom. The number of aromatic nitrogens is 5. The smallest absolute Gasteiger partial charge is 1.00 e. The summed E-state index contributed by atoms with van der Waals surface area (Å²) in [6.07, 6.45) is 2.33. The van der Waals surface area contributed by atoms with Gasteiger partial charge in [0, 0.05) is 126 Å². The molecule has 5 aromatic heterocycles. The van der Waals surface area contributed by atoms with Crippen molar-refractivity contribution in [2.24, 2.45) is 35.2 Å². The van der Waals surface area contributed by atoms with Crippen LogP contribution < -0.4 is 95.1 Å². The Balaban J connectivity index is 0.000000838. The average Bonchev–Trinajstić information content (AvgIpc) is 0.832. The zero-order chi connectivity index (χ0) is 96.3. The monoisotopic (exact) mass is 1900 g/mol. The summed E-state index contributed by atoms with van der Waals surface area (Å²) in [6.45, 7) is 30.4. The van der Waals surface area contributed by atoms with E-state index < -0.39 is 20.0 Å². The van der Waals surface area contributed by atoms with Gasteiger partial charge in [0.2, 0.25) is 0 Å². The molecule has 10 aromatic carbocycles. The van der Waals surface area contributed by atoms with Crippen molar-refractivity contribution in [2.75, 3.05) is 20.5 Å². The molecule has 0 aliphatic heterocycles. The molecular formula is C111H125ClLi2N7NaO13SSi. The third-order valence-electron chi connectivity index (χ3n) is 23.1. The van der Waals surface area contributed by atoms with Crippen LogP contribution in [0.4, 0.5) is 0 Å². The maximum Gasteiger partial charge on any atom is 1.00 e. The van der Waals surface area contributed by atoms with E-state index in [1.54, 1.807) is 65.6 Å². The molecular weight excluding hydrogens is 1770 g/mol. The Bertz CT molecular complexity index is 7360. The predicted octanol–water partition coefficient (Wildman–Crippen LogP) is 14.1. The maximum absolute atomic E-state index is 13.1. The molecule has 5 heterocycles. The first-order valence-electron chi connectivity index (χ1n) is 43.1. The number of carbonyl (C=O) groups excluding carboxylic acids is 2. The molecule has 20 nitrogen and oxygen atoms in total. The molecule has 15 aromatic rings. The number of fused-ring (bicyclic) bond motifs is 5. The second kappa shape index (κ2) is 54.5. The van der Waals surface area contributed by atoms with Gasteiger partial charge < -0.3 is 49.8 Å². The number of carboxylic acid groups (broad SMARTS) is 1. The van der Waals surface area contributed by atoms with Crippen LogP contribution in [0, 0.1) is 91.5 Å². The zero-order valence-electron chi connectivity index (χ0n) is 83.7. The molecule has 26 heteroatoms. The van der Waals surface area contributed by atoms with Gasteiger partial charge in [-0.1, -0.05) is 250 Å². The van der Waals surface area contributed by atoms with E-state index in [4.69, 9.17) is 27.7 Å². The van der Waals surface area contributed by atoms with E-state index >= 15 is 0 Å². The molecule has 15 rings (SSSR count). The summed E-state index contributed by atoms with van der Waals surface area (Å²) in [5.41, 5.74) is 26.6. The minimum Gasteiger partial charge on any atom is -1.00 e. The van der Waals surface area contributed by atoms with Gasteiger partial charge in [-0.15, -0.1) is 18.2 Å². The van der Waals surface area contributed by atoms with Gasteiger partial charge in [0.15, 0.2) is 8.07 Å². The number of esters is 2. The fourth-order valence-corrected chi connectivity index (χ4v) is 17.0. The predicted molar refractivity (Wildman–Crippen MR) is 558 cm³/mol. The molecule has 0 aliphatic carbocycles. The Morgan fingerprint density at radius 3 is 0.934 bits per heavy atom. The number of carbonyl (C=O) groups is 3. The molecule has 0 aliphatic rings. The number of pyridine rings is 5. The van der Waals surface area contributed by atoms with Crippen molar-refractivity contribution in [3.05, 3.63) is 361 Å². The third-order valence-corrected chi connectivity index (χ3v) is 24.0. The second-order valence-corrected chi connectivity index (χ2v) is 38.4. The fraction of sp³-hybridized carbons (Fsp3) is 0.261. The number of alkyl halides is 1. The number of aliphatic carboxylic acids is 1. The van der Waals surface area contributed by atoms with Crippen molar-refractivity contribution in [2.45, 2.75) is 141 Å². The molecule has 702 valence electrons. The van der Waals surface area contributed by atoms with Gasteiger partial charge >= 0.3 is 85.2 Å². The first kappa shape index (κ1) is 120. The summed E-state index contributed by atoms with van der Waals surface area (Å²) in [7, 11) is 10.0. The Labute approximate surface area is 865 Å². The Hall–Kier alpha value is -11.6. The molecule has 0 amide bonds. The largest absolute Gasteiger partial charge is 1.00 e. The van der Waals surface area contributed by atoms with E-state index in [1.807, 2.05) is 201 Å². The number of carboxylic acids is 1. The van der Waals surface area contributed by atoms with Crippen molar-refractivity contribution < 1.29 is 110 Å². The Kier molecular flexibility index (Phi) is 47.5. The minimum atomic E-state index is -1.33. The summed E-state index contributed by atoms with van der Waals surface area (Å²) >= 11 is 9.64. The van der Waals surface area contributed by atoms with Crippen molar-refractivity contribution >= 4 is 104 Å². The quantitative estimate of drug-likeness (QED) is 0.0317. The summed E-state index contributed by atoms with van der Waals surface area (Å²) in [5, 5.41) is 34.4. The van der Waals surface area contributed by atoms with Crippen molar-refractivity contribution in [1.29, 1.82) is 10.5 Å². The van der Waals surface area contributed by atoms with E-state index in [2.05, 4.69) is 125 Å². The number of nitriles is 2. The van der Waals surface area contributed by atoms with Crippen LogP contribution in [0.15, 0.2) is 249 Å². The summed E-state index contributed by atoms with van der Waals surface area (Å²) in [5.74, 6) is -2.00. The molecule has 0 bridgehead atoms. The van der Waals surface area contributed by atoms with Gasteiger partial charge in [-0.25, -0.2) is 5.26 Å². The first-order chi connectivity index (χ1) is 62.3. The van der Waals surface area contributed by atoms with Crippen LogP contribution in [-0.4, -0.2) is 85.3 Å². The minimum absolute atomic E-state index is 0. The van der Waals surface area contributed by atoms with E-state index in [0.29, 0.717) is 50.9 Å². The fourth-order valence-electron chi connectivity index (χ4n) is 16.7. The number of nitrogens with zero attached hydrogens (tertiary/aromatic N) is 7. The van der Waals surface area contributed by atoms with Crippen LogP contribution in [0.1, 0.15) is 114 Å². The molecule has 0 saturated carbocycles. The molecule has 0 spiro atoms. The van der Waals surface area contributed by atoms with Crippen LogP contribution in [0.5, 0.6) is 0 Å². The topological polar surface area (TPSA) is 307 Å². The van der Waals surface area contributed by atoms with E-state index in [9.17, 15) is 48.7 Å². The number of hydrogen-bond donors (Lipinski definition) is 2. The number of benzene rings is 10. The SMILES string of the molecule is C.C.C=CCC(C(=O)OC)c1c(-c2ccc(C)cc2C)c2ccccc2c(=O)n1C.COC(=O)Cc1c(-c2ccc(C)cc2C)c2ccccc2c(=O)n1C.C[Si](C)(C)C#N.Cc1ccc(-c2c(CC#N)n(C)c(=O)c3ccccc23)c(C)c1.Cc1ccc(-c2c(CC(=O)O)n(C)c(=O)c3ccccc23)c(C)c1.Cc1ccc(-c2c(CCl)n(C)c(=O)c3ccccc23)c(C)c1.[2H]CS.[H-].[Li+].[Li+].[Na+].[OH-].[OH-]. The molecule has 0 radical (unpaired) electrons. The van der Waals surface area contributed by atoms with Crippen molar-refractivity contribution in [3.63, 3.8) is 0 Å². The van der Waals surface area contributed by atoms with Crippen molar-refractivity contribution in [1.82, 2.24) is 22.8 Å². The number of allylic oxidation sites excluding steroid dienone is 1. The molecule has 3 N–H and O–H groups in total. The normalized spacial score (nSPS) is 10.5. The van der Waals surface area contributed by atoms with Crippen LogP contribution in [0.25, 0.3) is 109 Å². The molecule has 1 atom stereocenters. The molecule has 0 fully saturated rings. The number of thiol groups is 1. The summed E-state index contributed by atoms with van der Waals surface area (Å²) < 4.78 is 23.9. The number of hydrogen-bond acceptors (Lipinski definition) is 15. The van der Waals surface area contributed by atoms with Gasteiger partial charge in [0.25, 0.3) is 27.8 Å². The van der Waals surface area contributed by atoms with E-state index in [0.717, 1.165) is 133 Å². The van der Waals surface area contributed by atoms with Gasteiger partial charge in [-0.3, -0.25) is 38.4 Å². The molecule has 1 unspecified atom stereocenters. The van der Waals surface area contributed by atoms with Gasteiger partial charge in [0.1, 0.15) is 5.92 Å². The molecule has 0 saturated heterocycles. The van der Waals surface area contributed by atoms with Crippen LogP contribution in [0.2, 0.25) is 19.6 Å². The standard InChI is InChI=1S/C24H25NO3.C21H21NO3.C20H18N2O.C20H19NO3.C19H18ClNO.C4H9NSi.CH4S.2CH4.2Li.Na.2H2O.H/c1-6-9-20(24(27)28-5)22-21(17-13-12-15(2)14-16(17)3)18-10-7-8-11-19(18)23(26)25(22)4;1-13-9-10-15(14(2)11-13)20-16-7-5-6-8-17(16)21(24)22(3)18(20)12-19(23)25-4;1-13-8-9-15(14(2)12-13)19-16-6-4-5-7-17(16)20(23)22(3)18(19)10-11-21;1-12-8-9-14(13(2)10-12)19-15-6-4-5-7-16(15)20(24)21(3)17(19)11-18(22)23;1-12-8-9-14(13(2)10-12)18-15-6-4-5-7-16(15)19(22)21(3)17(18)11-20;1-6(2,3)4-5;1-2;;;;;;;;/h6-8,10-14,20H,1,9H2,2-5H3;5-11H,12H2,1-4H3;4-9,12H,10H2,1-3H3;4-10H,11H2,1-3H3,(H,22,23);4-10H,11H2,1-3H3;1-3H3;2H,1H3;2*1H4;;;;2*1H2;/q;;;;;;;;;3*+1;;;-1/p-2/i;;;;;;1D;;;;;;;;. The summed E-state index contributed by atoms with van der Waals surface area (Å²) in [4.78, 5) is 99.6. The first-order valence-corrected chi connectivity index (χ1v) is 47.1. The zero-order valence-corrected chi connectivity index (χ0v) is 86.3. The number of methoxy groups -OCH3 is 2. The maximum atomic E-state index is 13.1. The van der Waals surface area contributed by atoms with Crippen molar-refractivity contribution in [3.8, 4) is 67.4 Å². The number of aryl methyl sites for hydroxylation is 10.